The van der Waals surface area contributed by atoms with E-state index in [2.05, 4.69) is 21.2 Å². The zero-order chi connectivity index (χ0) is 10.8. The van der Waals surface area contributed by atoms with Crippen molar-refractivity contribution in [2.75, 3.05) is 13.1 Å². The molecule has 1 N–H and O–H groups in total. The fourth-order valence-corrected chi connectivity index (χ4v) is 2.55. The summed E-state index contributed by atoms with van der Waals surface area (Å²) in [7, 11) is 0. The number of hydrogen-bond donors (Lipinski definition) is 1. The topological polar surface area (TPSA) is 12.0 Å². The number of aryl methyl sites for hydroxylation is 1. The minimum Gasteiger partial charge on any atom is -0.316 e. The van der Waals surface area contributed by atoms with Crippen LogP contribution >= 0.6 is 15.9 Å². The fraction of sp³-hybridized carbons (Fsp3) is 0.500. The Morgan fingerprint density at radius 3 is 3.00 bits per heavy atom. The van der Waals surface area contributed by atoms with Crippen LogP contribution in [0.2, 0.25) is 0 Å². The van der Waals surface area contributed by atoms with E-state index in [0.717, 1.165) is 41.5 Å². The highest BCUT2D eigenvalue weighted by Gasteiger charge is 2.19. The average molecular weight is 272 g/mol. The minimum atomic E-state index is -0.0451. The van der Waals surface area contributed by atoms with Gasteiger partial charge in [-0.3, -0.25) is 0 Å². The molecule has 0 bridgehead atoms. The van der Waals surface area contributed by atoms with E-state index in [4.69, 9.17) is 0 Å². The maximum Gasteiger partial charge on any atom is 0.130 e. The number of hydrogen-bond acceptors (Lipinski definition) is 1. The van der Waals surface area contributed by atoms with Crippen LogP contribution in [0, 0.1) is 18.7 Å². The van der Waals surface area contributed by atoms with Crippen molar-refractivity contribution in [3.8, 4) is 0 Å². The van der Waals surface area contributed by atoms with Crippen molar-refractivity contribution in [2.24, 2.45) is 5.92 Å². The highest BCUT2D eigenvalue weighted by molar-refractivity contribution is 9.10. The molecular weight excluding hydrogens is 257 g/mol. The van der Waals surface area contributed by atoms with Gasteiger partial charge >= 0.3 is 0 Å². The smallest absolute Gasteiger partial charge is 0.130 e. The highest BCUT2D eigenvalue weighted by Crippen LogP contribution is 2.26. The second-order valence-electron chi connectivity index (χ2n) is 4.22. The summed E-state index contributed by atoms with van der Waals surface area (Å²) in [4.78, 5) is 0. The lowest BCUT2D eigenvalue weighted by Gasteiger charge is -2.12. The van der Waals surface area contributed by atoms with Crippen molar-refractivity contribution in [2.45, 2.75) is 19.8 Å². The molecule has 1 nitrogen and oxygen atoms in total. The van der Waals surface area contributed by atoms with E-state index in [9.17, 15) is 4.39 Å². The SMILES string of the molecule is Cc1ccc(Br)c(CC2CCNC2)c1F. The van der Waals surface area contributed by atoms with Gasteiger partial charge in [-0.15, -0.1) is 0 Å². The van der Waals surface area contributed by atoms with Gasteiger partial charge in [0.1, 0.15) is 5.82 Å². The molecular formula is C12H15BrFN. The first-order valence-corrected chi connectivity index (χ1v) is 6.12. The van der Waals surface area contributed by atoms with Gasteiger partial charge in [0.25, 0.3) is 0 Å². The molecule has 15 heavy (non-hydrogen) atoms. The normalized spacial score (nSPS) is 20.9. The van der Waals surface area contributed by atoms with Gasteiger partial charge in [-0.2, -0.15) is 0 Å². The van der Waals surface area contributed by atoms with E-state index in [1.807, 2.05) is 19.1 Å². The molecule has 1 aromatic rings. The Morgan fingerprint density at radius 2 is 2.33 bits per heavy atom. The molecule has 1 aliphatic rings. The summed E-state index contributed by atoms with van der Waals surface area (Å²) < 4.78 is 14.8. The van der Waals surface area contributed by atoms with Crippen molar-refractivity contribution in [1.82, 2.24) is 5.32 Å². The first-order chi connectivity index (χ1) is 7.18. The lowest BCUT2D eigenvalue weighted by Crippen LogP contribution is -2.12. The molecule has 0 aromatic heterocycles. The summed E-state index contributed by atoms with van der Waals surface area (Å²) >= 11 is 3.43. The van der Waals surface area contributed by atoms with Crippen molar-refractivity contribution < 1.29 is 4.39 Å². The molecule has 82 valence electrons. The monoisotopic (exact) mass is 271 g/mol. The number of benzene rings is 1. The minimum absolute atomic E-state index is 0.0451. The molecule has 1 atom stereocenters. The molecule has 1 unspecified atom stereocenters. The van der Waals surface area contributed by atoms with E-state index >= 15 is 0 Å². The molecule has 1 saturated heterocycles. The third kappa shape index (κ3) is 2.40. The Labute approximate surface area is 98.2 Å². The van der Waals surface area contributed by atoms with Crippen LogP contribution in [0.15, 0.2) is 16.6 Å². The summed E-state index contributed by atoms with van der Waals surface area (Å²) in [5.41, 5.74) is 1.57. The molecule has 1 fully saturated rings. The van der Waals surface area contributed by atoms with Gasteiger partial charge in [-0.25, -0.2) is 4.39 Å². The van der Waals surface area contributed by atoms with Crippen molar-refractivity contribution >= 4 is 15.9 Å². The van der Waals surface area contributed by atoms with Crippen LogP contribution < -0.4 is 5.32 Å². The third-order valence-corrected chi connectivity index (χ3v) is 3.78. The molecule has 1 aromatic carbocycles. The van der Waals surface area contributed by atoms with Crippen LogP contribution in [-0.4, -0.2) is 13.1 Å². The zero-order valence-corrected chi connectivity index (χ0v) is 10.4. The Balaban J connectivity index is 2.22. The van der Waals surface area contributed by atoms with Crippen LogP contribution in [0.25, 0.3) is 0 Å². The van der Waals surface area contributed by atoms with E-state index in [1.54, 1.807) is 0 Å². The Morgan fingerprint density at radius 1 is 1.53 bits per heavy atom. The molecule has 0 aliphatic carbocycles. The van der Waals surface area contributed by atoms with Crippen molar-refractivity contribution in [3.63, 3.8) is 0 Å². The third-order valence-electron chi connectivity index (χ3n) is 3.03. The van der Waals surface area contributed by atoms with Crippen LogP contribution in [0.3, 0.4) is 0 Å². The van der Waals surface area contributed by atoms with Gasteiger partial charge in [0.05, 0.1) is 0 Å². The van der Waals surface area contributed by atoms with Gasteiger partial charge < -0.3 is 5.32 Å². The summed E-state index contributed by atoms with van der Waals surface area (Å²) in [6, 6.07) is 3.76. The molecule has 1 aliphatic heterocycles. The number of rotatable bonds is 2. The molecule has 3 heteroatoms. The molecule has 0 saturated carbocycles. The molecule has 1 heterocycles. The highest BCUT2D eigenvalue weighted by atomic mass is 79.9. The van der Waals surface area contributed by atoms with Crippen molar-refractivity contribution in [1.29, 1.82) is 0 Å². The zero-order valence-electron chi connectivity index (χ0n) is 8.82. The van der Waals surface area contributed by atoms with E-state index in [-0.39, 0.29) is 5.82 Å². The van der Waals surface area contributed by atoms with Gasteiger partial charge in [0.15, 0.2) is 0 Å². The Kier molecular flexibility index (Phi) is 3.42. The van der Waals surface area contributed by atoms with Crippen molar-refractivity contribution in [3.05, 3.63) is 33.5 Å². The summed E-state index contributed by atoms with van der Waals surface area (Å²) in [5, 5.41) is 3.31. The van der Waals surface area contributed by atoms with Crippen LogP contribution in [0.4, 0.5) is 4.39 Å². The average Bonchev–Trinajstić information content (AvgIpc) is 2.71. The van der Waals surface area contributed by atoms with Crippen LogP contribution in [-0.2, 0) is 6.42 Å². The summed E-state index contributed by atoms with van der Waals surface area (Å²) in [6.45, 7) is 3.90. The predicted molar refractivity (Wildman–Crippen MR) is 63.5 cm³/mol. The largest absolute Gasteiger partial charge is 0.316 e. The van der Waals surface area contributed by atoms with Gasteiger partial charge in [0, 0.05) is 10.0 Å². The Bertz CT molecular complexity index is 359. The lowest BCUT2D eigenvalue weighted by molar-refractivity contribution is 0.538. The molecule has 2 rings (SSSR count). The first kappa shape index (κ1) is 11.1. The van der Waals surface area contributed by atoms with Gasteiger partial charge in [-0.1, -0.05) is 22.0 Å². The maximum absolute atomic E-state index is 13.9. The van der Waals surface area contributed by atoms with Gasteiger partial charge in [0.2, 0.25) is 0 Å². The van der Waals surface area contributed by atoms with E-state index < -0.39 is 0 Å². The quantitative estimate of drug-likeness (QED) is 0.872. The second kappa shape index (κ2) is 4.62. The first-order valence-electron chi connectivity index (χ1n) is 5.32. The second-order valence-corrected chi connectivity index (χ2v) is 5.07. The standard InChI is InChI=1S/C12H15BrFN/c1-8-2-3-11(13)10(12(8)14)6-9-4-5-15-7-9/h2-3,9,15H,4-7H2,1H3. The maximum atomic E-state index is 13.9. The number of nitrogens with one attached hydrogen (secondary N) is 1. The van der Waals surface area contributed by atoms with E-state index in [1.165, 1.54) is 0 Å². The van der Waals surface area contributed by atoms with Crippen LogP contribution in [0.5, 0.6) is 0 Å². The lowest BCUT2D eigenvalue weighted by atomic mass is 9.97. The van der Waals surface area contributed by atoms with E-state index in [0.29, 0.717) is 5.92 Å². The molecule has 0 radical (unpaired) electrons. The van der Waals surface area contributed by atoms with Crippen LogP contribution in [0.1, 0.15) is 17.5 Å². The van der Waals surface area contributed by atoms with Gasteiger partial charge in [-0.05, 0) is 50.4 Å². The molecule has 0 amide bonds. The predicted octanol–water partition coefficient (Wildman–Crippen LogP) is 3.05. The number of halogens is 2. The molecule has 0 spiro atoms. The summed E-state index contributed by atoms with van der Waals surface area (Å²) in [5.74, 6) is 0.536. The Hall–Kier alpha value is -0.410. The fourth-order valence-electron chi connectivity index (χ4n) is 2.08. The summed E-state index contributed by atoms with van der Waals surface area (Å²) in [6.07, 6.45) is 1.99.